The van der Waals surface area contributed by atoms with Gasteiger partial charge in [0.1, 0.15) is 0 Å². The summed E-state index contributed by atoms with van der Waals surface area (Å²) in [6, 6.07) is 1.88. The van der Waals surface area contributed by atoms with Gasteiger partial charge in [-0.15, -0.1) is 0 Å². The minimum atomic E-state index is 0.663. The van der Waals surface area contributed by atoms with E-state index in [1.165, 1.54) is 5.56 Å². The quantitative estimate of drug-likeness (QED) is 0.870. The van der Waals surface area contributed by atoms with Crippen LogP contribution < -0.4 is 5.32 Å². The molecular weight excluding hydrogens is 214 g/mol. The number of rotatable bonds is 4. The normalized spacial score (nSPS) is 10.5. The van der Waals surface area contributed by atoms with Crippen molar-refractivity contribution in [1.82, 2.24) is 19.7 Å². The van der Waals surface area contributed by atoms with Crippen LogP contribution in [0.15, 0.2) is 18.5 Å². The molecule has 0 saturated heterocycles. The van der Waals surface area contributed by atoms with Gasteiger partial charge in [0.15, 0.2) is 0 Å². The van der Waals surface area contributed by atoms with Gasteiger partial charge < -0.3 is 5.32 Å². The SMILES string of the molecule is CCc1nn(C)cc1CNc1nccc(C)n1. The lowest BCUT2D eigenvalue weighted by Gasteiger charge is -2.04. The molecule has 0 spiro atoms. The molecule has 0 aliphatic rings. The molecule has 0 radical (unpaired) electrons. The Labute approximate surface area is 101 Å². The number of nitrogens with one attached hydrogen (secondary N) is 1. The number of anilines is 1. The fourth-order valence-corrected chi connectivity index (χ4v) is 1.74. The summed E-state index contributed by atoms with van der Waals surface area (Å²) >= 11 is 0. The van der Waals surface area contributed by atoms with Gasteiger partial charge in [-0.05, 0) is 19.4 Å². The lowest BCUT2D eigenvalue weighted by atomic mass is 10.2. The van der Waals surface area contributed by atoms with Crippen LogP contribution in [0.3, 0.4) is 0 Å². The van der Waals surface area contributed by atoms with E-state index in [4.69, 9.17) is 0 Å². The van der Waals surface area contributed by atoms with Crippen LogP contribution >= 0.6 is 0 Å². The van der Waals surface area contributed by atoms with E-state index in [1.54, 1.807) is 6.20 Å². The lowest BCUT2D eigenvalue weighted by molar-refractivity contribution is 0.746. The van der Waals surface area contributed by atoms with Crippen LogP contribution in [0.2, 0.25) is 0 Å². The van der Waals surface area contributed by atoms with E-state index in [9.17, 15) is 0 Å². The third-order valence-corrected chi connectivity index (χ3v) is 2.56. The van der Waals surface area contributed by atoms with E-state index >= 15 is 0 Å². The molecule has 2 aromatic rings. The molecule has 0 saturated carbocycles. The van der Waals surface area contributed by atoms with Crippen molar-refractivity contribution in [3.63, 3.8) is 0 Å². The zero-order valence-corrected chi connectivity index (χ0v) is 10.4. The second-order valence-corrected chi connectivity index (χ2v) is 4.00. The first-order valence-corrected chi connectivity index (χ1v) is 5.74. The Kier molecular flexibility index (Phi) is 3.37. The van der Waals surface area contributed by atoms with Crippen molar-refractivity contribution >= 4 is 5.95 Å². The summed E-state index contributed by atoms with van der Waals surface area (Å²) in [4.78, 5) is 8.47. The molecular formula is C12H17N5. The molecule has 0 bridgehead atoms. The lowest BCUT2D eigenvalue weighted by Crippen LogP contribution is -2.04. The van der Waals surface area contributed by atoms with Gasteiger partial charge in [0.25, 0.3) is 0 Å². The Balaban J connectivity index is 2.06. The Morgan fingerprint density at radius 3 is 2.94 bits per heavy atom. The maximum Gasteiger partial charge on any atom is 0.223 e. The molecule has 0 atom stereocenters. The number of hydrogen-bond acceptors (Lipinski definition) is 4. The van der Waals surface area contributed by atoms with Crippen molar-refractivity contribution in [3.8, 4) is 0 Å². The highest BCUT2D eigenvalue weighted by Crippen LogP contribution is 2.09. The van der Waals surface area contributed by atoms with E-state index in [1.807, 2.05) is 30.9 Å². The predicted octanol–water partition coefficient (Wildman–Crippen LogP) is 1.69. The molecule has 90 valence electrons. The molecule has 17 heavy (non-hydrogen) atoms. The van der Waals surface area contributed by atoms with Crippen LogP contribution in [-0.2, 0) is 20.0 Å². The highest BCUT2D eigenvalue weighted by molar-refractivity contribution is 5.28. The number of aryl methyl sites for hydroxylation is 3. The van der Waals surface area contributed by atoms with Crippen LogP contribution in [0.5, 0.6) is 0 Å². The zero-order chi connectivity index (χ0) is 12.3. The molecule has 2 heterocycles. The zero-order valence-electron chi connectivity index (χ0n) is 10.4. The van der Waals surface area contributed by atoms with Gasteiger partial charge in [0, 0.05) is 37.2 Å². The van der Waals surface area contributed by atoms with Crippen LogP contribution in [0.25, 0.3) is 0 Å². The monoisotopic (exact) mass is 231 g/mol. The Morgan fingerprint density at radius 2 is 2.24 bits per heavy atom. The maximum atomic E-state index is 4.39. The fraction of sp³-hybridized carbons (Fsp3) is 0.417. The average Bonchev–Trinajstić information content (AvgIpc) is 2.67. The topological polar surface area (TPSA) is 55.6 Å². The number of nitrogens with zero attached hydrogens (tertiary/aromatic N) is 4. The van der Waals surface area contributed by atoms with E-state index in [2.05, 4.69) is 27.3 Å². The van der Waals surface area contributed by atoms with Crippen molar-refractivity contribution in [2.45, 2.75) is 26.8 Å². The largest absolute Gasteiger partial charge is 0.350 e. The fourth-order valence-electron chi connectivity index (χ4n) is 1.74. The third-order valence-electron chi connectivity index (χ3n) is 2.56. The first-order valence-electron chi connectivity index (χ1n) is 5.74. The Morgan fingerprint density at radius 1 is 1.41 bits per heavy atom. The van der Waals surface area contributed by atoms with Crippen molar-refractivity contribution in [2.75, 3.05) is 5.32 Å². The summed E-state index contributed by atoms with van der Waals surface area (Å²) in [5.74, 6) is 0.663. The molecule has 0 amide bonds. The summed E-state index contributed by atoms with van der Waals surface area (Å²) in [6.07, 6.45) is 4.73. The summed E-state index contributed by atoms with van der Waals surface area (Å²) in [7, 11) is 1.94. The van der Waals surface area contributed by atoms with Crippen molar-refractivity contribution in [3.05, 3.63) is 35.4 Å². The van der Waals surface area contributed by atoms with Crippen LogP contribution in [-0.4, -0.2) is 19.7 Å². The summed E-state index contributed by atoms with van der Waals surface area (Å²) in [5.41, 5.74) is 3.28. The van der Waals surface area contributed by atoms with Crippen LogP contribution in [0.1, 0.15) is 23.9 Å². The highest BCUT2D eigenvalue weighted by Gasteiger charge is 2.05. The Hall–Kier alpha value is -1.91. The maximum absolute atomic E-state index is 4.39. The molecule has 1 N–H and O–H groups in total. The number of aromatic nitrogens is 4. The van der Waals surface area contributed by atoms with E-state index in [0.717, 1.165) is 17.8 Å². The van der Waals surface area contributed by atoms with Crippen LogP contribution in [0, 0.1) is 6.92 Å². The second kappa shape index (κ2) is 4.95. The first kappa shape index (κ1) is 11.6. The molecule has 0 fully saturated rings. The van der Waals surface area contributed by atoms with Crippen molar-refractivity contribution < 1.29 is 0 Å². The highest BCUT2D eigenvalue weighted by atomic mass is 15.3. The molecule has 5 nitrogen and oxygen atoms in total. The van der Waals surface area contributed by atoms with E-state index in [0.29, 0.717) is 12.5 Å². The third kappa shape index (κ3) is 2.81. The summed E-state index contributed by atoms with van der Waals surface area (Å²) in [5, 5.41) is 7.61. The van der Waals surface area contributed by atoms with Gasteiger partial charge in [-0.25, -0.2) is 9.97 Å². The second-order valence-electron chi connectivity index (χ2n) is 4.00. The number of hydrogen-bond donors (Lipinski definition) is 1. The van der Waals surface area contributed by atoms with E-state index < -0.39 is 0 Å². The van der Waals surface area contributed by atoms with Gasteiger partial charge in [-0.3, -0.25) is 4.68 Å². The van der Waals surface area contributed by atoms with E-state index in [-0.39, 0.29) is 0 Å². The predicted molar refractivity (Wildman–Crippen MR) is 66.7 cm³/mol. The van der Waals surface area contributed by atoms with Gasteiger partial charge in [-0.1, -0.05) is 6.92 Å². The molecule has 0 aromatic carbocycles. The molecule has 2 rings (SSSR count). The molecule has 0 unspecified atom stereocenters. The van der Waals surface area contributed by atoms with Gasteiger partial charge in [0.05, 0.1) is 5.69 Å². The van der Waals surface area contributed by atoms with Crippen molar-refractivity contribution in [2.24, 2.45) is 7.05 Å². The van der Waals surface area contributed by atoms with Gasteiger partial charge in [-0.2, -0.15) is 5.10 Å². The molecule has 2 aromatic heterocycles. The van der Waals surface area contributed by atoms with Crippen molar-refractivity contribution in [1.29, 1.82) is 0 Å². The molecule has 5 heteroatoms. The van der Waals surface area contributed by atoms with Gasteiger partial charge >= 0.3 is 0 Å². The summed E-state index contributed by atoms with van der Waals surface area (Å²) in [6.45, 7) is 4.77. The molecule has 0 aliphatic heterocycles. The first-order chi connectivity index (χ1) is 8.19. The Bertz CT molecular complexity index is 503. The molecule has 0 aliphatic carbocycles. The standard InChI is InChI=1S/C12H17N5/c1-4-11-10(8-17(3)16-11)7-14-12-13-6-5-9(2)15-12/h5-6,8H,4,7H2,1-3H3,(H,13,14,15). The minimum absolute atomic E-state index is 0.663. The smallest absolute Gasteiger partial charge is 0.223 e. The average molecular weight is 231 g/mol. The summed E-state index contributed by atoms with van der Waals surface area (Å²) < 4.78 is 1.84. The van der Waals surface area contributed by atoms with Crippen LogP contribution in [0.4, 0.5) is 5.95 Å². The van der Waals surface area contributed by atoms with Gasteiger partial charge in [0.2, 0.25) is 5.95 Å². The minimum Gasteiger partial charge on any atom is -0.350 e.